The third-order valence-electron chi connectivity index (χ3n) is 7.93. The highest BCUT2D eigenvalue weighted by atomic mass is 79.9. The van der Waals surface area contributed by atoms with Crippen molar-refractivity contribution in [2.75, 3.05) is 32.7 Å². The van der Waals surface area contributed by atoms with E-state index >= 15 is 0 Å². The molecule has 0 spiro atoms. The second kappa shape index (κ2) is 8.38. The molecular formula is C26H31BrN4O. The van der Waals surface area contributed by atoms with Gasteiger partial charge in [0.15, 0.2) is 0 Å². The predicted octanol–water partition coefficient (Wildman–Crippen LogP) is 4.01. The number of halogens is 1. The summed E-state index contributed by atoms with van der Waals surface area (Å²) in [5, 5.41) is 3.73. The molecule has 1 amide bonds. The minimum Gasteiger partial charge on any atom is -0.360 e. The van der Waals surface area contributed by atoms with Gasteiger partial charge in [0.25, 0.3) is 0 Å². The number of allylic oxidation sites excluding steroid dienone is 2. The zero-order valence-corrected chi connectivity index (χ0v) is 20.0. The van der Waals surface area contributed by atoms with Crippen LogP contribution < -0.4 is 5.32 Å². The summed E-state index contributed by atoms with van der Waals surface area (Å²) in [6.45, 7) is 5.05. The lowest BCUT2D eigenvalue weighted by molar-refractivity contribution is -0.134. The van der Waals surface area contributed by atoms with Crippen LogP contribution in [0.15, 0.2) is 58.9 Å². The van der Waals surface area contributed by atoms with Crippen LogP contribution in [0.25, 0.3) is 5.70 Å². The standard InChI is InChI=1S/C26H31BrN4O/c27-22-10-8-18(9-11-22)25-23(31-12-4-3-7-24(31)28-25)17-29-13-20-15-30(16-21(20)14-29)26(32)19-5-1-2-6-19/h3-4,7-12,19-21,24,28H,1-2,5-6,13-17H2. The van der Waals surface area contributed by atoms with Crippen molar-refractivity contribution in [2.24, 2.45) is 17.8 Å². The summed E-state index contributed by atoms with van der Waals surface area (Å²) in [5.41, 5.74) is 3.80. The van der Waals surface area contributed by atoms with Crippen LogP contribution in [0.1, 0.15) is 31.2 Å². The Balaban J connectivity index is 1.16. The van der Waals surface area contributed by atoms with Gasteiger partial charge >= 0.3 is 0 Å². The molecule has 2 saturated heterocycles. The fraction of sp³-hybridized carbons (Fsp3) is 0.500. The number of amides is 1. The van der Waals surface area contributed by atoms with Crippen molar-refractivity contribution in [3.63, 3.8) is 0 Å². The maximum atomic E-state index is 12.9. The van der Waals surface area contributed by atoms with Crippen molar-refractivity contribution in [3.05, 3.63) is 64.4 Å². The SMILES string of the molecule is O=C(C1CCCC1)N1CC2CN(CC3=C(c4ccc(Br)cc4)NC4C=CC=CN34)CC2C1. The number of benzene rings is 1. The Labute approximate surface area is 198 Å². The van der Waals surface area contributed by atoms with Crippen LogP contribution in [0.2, 0.25) is 0 Å². The normalized spacial score (nSPS) is 29.7. The molecule has 1 N–H and O–H groups in total. The Morgan fingerprint density at radius 1 is 1.00 bits per heavy atom. The highest BCUT2D eigenvalue weighted by Crippen LogP contribution is 2.37. The van der Waals surface area contributed by atoms with E-state index in [1.165, 1.54) is 29.8 Å². The van der Waals surface area contributed by atoms with Gasteiger partial charge in [-0.15, -0.1) is 0 Å². The van der Waals surface area contributed by atoms with Crippen molar-refractivity contribution < 1.29 is 4.79 Å². The number of hydrogen-bond acceptors (Lipinski definition) is 4. The van der Waals surface area contributed by atoms with Crippen LogP contribution in [0.4, 0.5) is 0 Å². The van der Waals surface area contributed by atoms with Crippen molar-refractivity contribution >= 4 is 27.5 Å². The molecule has 3 atom stereocenters. The molecule has 1 aliphatic carbocycles. The molecule has 168 valence electrons. The topological polar surface area (TPSA) is 38.8 Å². The van der Waals surface area contributed by atoms with E-state index in [1.54, 1.807) is 0 Å². The Bertz CT molecular complexity index is 964. The fourth-order valence-corrected chi connectivity index (χ4v) is 6.57. The molecular weight excluding hydrogens is 464 g/mol. The van der Waals surface area contributed by atoms with Crippen LogP contribution in [-0.2, 0) is 4.79 Å². The molecule has 4 aliphatic heterocycles. The first-order chi connectivity index (χ1) is 15.7. The van der Waals surface area contributed by atoms with Gasteiger partial charge in [-0.2, -0.15) is 0 Å². The van der Waals surface area contributed by atoms with Crippen LogP contribution in [0.3, 0.4) is 0 Å². The van der Waals surface area contributed by atoms with Crippen LogP contribution in [-0.4, -0.2) is 59.5 Å². The monoisotopic (exact) mass is 494 g/mol. The van der Waals surface area contributed by atoms with Crippen LogP contribution >= 0.6 is 15.9 Å². The second-order valence-corrected chi connectivity index (χ2v) is 10.9. The molecule has 3 fully saturated rings. The number of carbonyl (C=O) groups is 1. The van der Waals surface area contributed by atoms with Crippen molar-refractivity contribution in [1.82, 2.24) is 20.0 Å². The number of rotatable bonds is 4. The van der Waals surface area contributed by atoms with E-state index in [9.17, 15) is 4.79 Å². The highest BCUT2D eigenvalue weighted by molar-refractivity contribution is 9.10. The van der Waals surface area contributed by atoms with Gasteiger partial charge in [-0.1, -0.05) is 47.0 Å². The fourth-order valence-electron chi connectivity index (χ4n) is 6.30. The minimum absolute atomic E-state index is 0.190. The molecule has 4 heterocycles. The van der Waals surface area contributed by atoms with E-state index in [4.69, 9.17) is 0 Å². The van der Waals surface area contributed by atoms with Gasteiger partial charge in [0.05, 0.1) is 11.4 Å². The third kappa shape index (κ3) is 3.71. The second-order valence-electron chi connectivity index (χ2n) is 9.99. The van der Waals surface area contributed by atoms with Gasteiger partial charge in [0, 0.05) is 49.3 Å². The summed E-state index contributed by atoms with van der Waals surface area (Å²) in [6, 6.07) is 8.59. The lowest BCUT2D eigenvalue weighted by Gasteiger charge is -2.28. The van der Waals surface area contributed by atoms with Gasteiger partial charge in [-0.05, 0) is 54.5 Å². The van der Waals surface area contributed by atoms with Crippen molar-refractivity contribution in [2.45, 2.75) is 31.8 Å². The zero-order chi connectivity index (χ0) is 21.7. The molecule has 0 aromatic heterocycles. The van der Waals surface area contributed by atoms with Gasteiger partial charge in [-0.3, -0.25) is 9.69 Å². The number of hydrogen-bond donors (Lipinski definition) is 1. The van der Waals surface area contributed by atoms with E-state index in [2.05, 4.69) is 84.6 Å². The summed E-state index contributed by atoms with van der Waals surface area (Å²) in [5.74, 6) is 2.00. The number of fused-ring (bicyclic) bond motifs is 2. The molecule has 1 aromatic carbocycles. The summed E-state index contributed by atoms with van der Waals surface area (Å²) < 4.78 is 1.10. The molecule has 1 aromatic rings. The van der Waals surface area contributed by atoms with E-state index in [-0.39, 0.29) is 6.17 Å². The molecule has 32 heavy (non-hydrogen) atoms. The van der Waals surface area contributed by atoms with E-state index in [1.807, 2.05) is 0 Å². The summed E-state index contributed by atoms with van der Waals surface area (Å²) in [4.78, 5) is 20.1. The van der Waals surface area contributed by atoms with Gasteiger partial charge in [0.2, 0.25) is 5.91 Å². The van der Waals surface area contributed by atoms with Crippen LogP contribution in [0, 0.1) is 17.8 Å². The maximum Gasteiger partial charge on any atom is 0.225 e. The lowest BCUT2D eigenvalue weighted by atomic mass is 10.0. The molecule has 5 aliphatic rings. The molecule has 3 unspecified atom stereocenters. The van der Waals surface area contributed by atoms with Gasteiger partial charge in [-0.25, -0.2) is 0 Å². The van der Waals surface area contributed by atoms with Gasteiger partial charge in [0.1, 0.15) is 6.17 Å². The van der Waals surface area contributed by atoms with E-state index < -0.39 is 0 Å². The average Bonchev–Trinajstić information content (AvgIpc) is 3.58. The zero-order valence-electron chi connectivity index (χ0n) is 18.4. The maximum absolute atomic E-state index is 12.9. The smallest absolute Gasteiger partial charge is 0.225 e. The number of likely N-dealkylation sites (tertiary alicyclic amines) is 2. The number of nitrogens with one attached hydrogen (secondary N) is 1. The van der Waals surface area contributed by atoms with Gasteiger partial charge < -0.3 is 15.1 Å². The van der Waals surface area contributed by atoms with Crippen LogP contribution in [0.5, 0.6) is 0 Å². The Morgan fingerprint density at radius 3 is 2.44 bits per heavy atom. The first kappa shape index (κ1) is 20.5. The quantitative estimate of drug-likeness (QED) is 0.686. The lowest BCUT2D eigenvalue weighted by Crippen LogP contribution is -2.38. The summed E-state index contributed by atoms with van der Waals surface area (Å²) >= 11 is 3.56. The molecule has 0 bridgehead atoms. The molecule has 6 rings (SSSR count). The molecule has 1 saturated carbocycles. The molecule has 6 heteroatoms. The highest BCUT2D eigenvalue weighted by Gasteiger charge is 2.44. The summed E-state index contributed by atoms with van der Waals surface area (Å²) in [7, 11) is 0. The third-order valence-corrected chi connectivity index (χ3v) is 8.46. The summed E-state index contributed by atoms with van der Waals surface area (Å²) in [6.07, 6.45) is 13.5. The predicted molar refractivity (Wildman–Crippen MR) is 130 cm³/mol. The number of nitrogens with zero attached hydrogens (tertiary/aromatic N) is 3. The van der Waals surface area contributed by atoms with Crippen molar-refractivity contribution in [3.8, 4) is 0 Å². The first-order valence-electron chi connectivity index (χ1n) is 12.1. The van der Waals surface area contributed by atoms with E-state index in [0.717, 1.165) is 50.0 Å². The minimum atomic E-state index is 0.190. The largest absolute Gasteiger partial charge is 0.360 e. The number of carbonyl (C=O) groups excluding carboxylic acids is 1. The Hall–Kier alpha value is -2.05. The van der Waals surface area contributed by atoms with Crippen molar-refractivity contribution in [1.29, 1.82) is 0 Å². The van der Waals surface area contributed by atoms with E-state index in [0.29, 0.717) is 23.7 Å². The Kier molecular flexibility index (Phi) is 5.38. The average molecular weight is 495 g/mol. The Morgan fingerprint density at radius 2 is 1.72 bits per heavy atom. The molecule has 5 nitrogen and oxygen atoms in total. The molecule has 0 radical (unpaired) electrons. The first-order valence-corrected chi connectivity index (χ1v) is 12.8.